The quantitative estimate of drug-likeness (QED) is 0.585. The molecule has 166 valence electrons. The maximum Gasteiger partial charge on any atom is 0.270 e. The van der Waals surface area contributed by atoms with Crippen molar-refractivity contribution in [3.8, 4) is 0 Å². The minimum atomic E-state index is -0.633. The van der Waals surface area contributed by atoms with Gasteiger partial charge in [-0.15, -0.1) is 0 Å². The zero-order chi connectivity index (χ0) is 21.8. The fourth-order valence-corrected chi connectivity index (χ4v) is 4.27. The molecule has 0 saturated heterocycles. The van der Waals surface area contributed by atoms with E-state index in [1.807, 2.05) is 0 Å². The first-order chi connectivity index (χ1) is 15.0. The van der Waals surface area contributed by atoms with Crippen LogP contribution in [0.3, 0.4) is 0 Å². The van der Waals surface area contributed by atoms with Crippen molar-refractivity contribution in [1.82, 2.24) is 25.1 Å². The highest BCUT2D eigenvalue weighted by atomic mass is 16.3. The summed E-state index contributed by atoms with van der Waals surface area (Å²) in [6, 6.07) is 11.1. The molecule has 1 aliphatic heterocycles. The van der Waals surface area contributed by atoms with Crippen LogP contribution in [0.25, 0.3) is 0 Å². The number of aliphatic hydroxyl groups excluding tert-OH is 1. The number of rotatable bonds is 8. The van der Waals surface area contributed by atoms with E-state index in [0.29, 0.717) is 30.1 Å². The number of benzene rings is 1. The number of anilines is 1. The van der Waals surface area contributed by atoms with Gasteiger partial charge in [-0.25, -0.2) is 9.97 Å². The maximum atomic E-state index is 12.5. The topological polar surface area (TPSA) is 93.6 Å². The lowest BCUT2D eigenvalue weighted by atomic mass is 9.86. The molecule has 2 heterocycles. The van der Waals surface area contributed by atoms with Crippen molar-refractivity contribution < 1.29 is 9.90 Å². The molecule has 0 spiro atoms. The molecule has 0 bridgehead atoms. The van der Waals surface area contributed by atoms with Crippen molar-refractivity contribution in [2.24, 2.45) is 0 Å². The number of hydrogen-bond acceptors (Lipinski definition) is 7. The van der Waals surface area contributed by atoms with Gasteiger partial charge < -0.3 is 20.6 Å². The van der Waals surface area contributed by atoms with Gasteiger partial charge >= 0.3 is 0 Å². The molecule has 4 rings (SSSR count). The molecule has 1 aliphatic carbocycles. The van der Waals surface area contributed by atoms with E-state index in [4.69, 9.17) is 0 Å². The zero-order valence-electron chi connectivity index (χ0n) is 18.3. The van der Waals surface area contributed by atoms with Gasteiger partial charge in [0.1, 0.15) is 17.8 Å². The summed E-state index contributed by atoms with van der Waals surface area (Å²) < 4.78 is 0. The number of carbonyl (C=O) groups is 1. The number of carbonyl (C=O) groups excluding carboxylic acids is 1. The monoisotopic (exact) mass is 424 g/mol. The average molecular weight is 425 g/mol. The van der Waals surface area contributed by atoms with E-state index in [-0.39, 0.29) is 12.5 Å². The van der Waals surface area contributed by atoms with E-state index < -0.39 is 6.10 Å². The fraction of sp³-hybridized carbons (Fsp3) is 0.522. The first kappa shape index (κ1) is 21.7. The standard InChI is InChI=1S/C23H32N6O2/c1-28(2)19-9-18(10-19)27-22-11-21(25-15-26-22)23(31)24-12-20(30)14-29-8-7-16-5-3-4-6-17(16)13-29/h3-6,11,15,18-20,30H,7-10,12-14H2,1-2H3,(H,24,31)(H,25,26,27)/t18?,19?,20-/m0/s1. The molecule has 8 nitrogen and oxygen atoms in total. The van der Waals surface area contributed by atoms with Crippen LogP contribution in [0, 0.1) is 0 Å². The number of β-amino-alcohol motifs (C(OH)–C–C–N with tert-alkyl or cyclic N) is 1. The number of hydrogen-bond donors (Lipinski definition) is 3. The van der Waals surface area contributed by atoms with E-state index in [9.17, 15) is 9.90 Å². The lowest BCUT2D eigenvalue weighted by Gasteiger charge is -2.40. The van der Waals surface area contributed by atoms with Gasteiger partial charge in [-0.2, -0.15) is 0 Å². The Hall–Kier alpha value is -2.55. The number of nitrogens with zero attached hydrogens (tertiary/aromatic N) is 4. The van der Waals surface area contributed by atoms with Crippen molar-refractivity contribution in [3.63, 3.8) is 0 Å². The van der Waals surface area contributed by atoms with Crippen molar-refractivity contribution in [1.29, 1.82) is 0 Å². The highest BCUT2D eigenvalue weighted by molar-refractivity contribution is 5.92. The summed E-state index contributed by atoms with van der Waals surface area (Å²) in [5.74, 6) is 0.364. The average Bonchev–Trinajstić information content (AvgIpc) is 2.74. The highest BCUT2D eigenvalue weighted by Crippen LogP contribution is 2.26. The van der Waals surface area contributed by atoms with E-state index in [0.717, 1.165) is 32.4 Å². The predicted octanol–water partition coefficient (Wildman–Crippen LogP) is 1.13. The minimum Gasteiger partial charge on any atom is -0.390 e. The Labute approximate surface area is 183 Å². The third kappa shape index (κ3) is 5.58. The van der Waals surface area contributed by atoms with Gasteiger partial charge in [-0.3, -0.25) is 9.69 Å². The van der Waals surface area contributed by atoms with Crippen molar-refractivity contribution in [3.05, 3.63) is 53.5 Å². The predicted molar refractivity (Wildman–Crippen MR) is 120 cm³/mol. The van der Waals surface area contributed by atoms with Crippen LogP contribution in [-0.2, 0) is 13.0 Å². The largest absolute Gasteiger partial charge is 0.390 e. The number of aliphatic hydroxyl groups is 1. The van der Waals surface area contributed by atoms with Gasteiger partial charge in [-0.05, 0) is 44.5 Å². The second-order valence-corrected chi connectivity index (χ2v) is 8.84. The number of aromatic nitrogens is 2. The zero-order valence-corrected chi connectivity index (χ0v) is 18.3. The van der Waals surface area contributed by atoms with Crippen LogP contribution in [0.1, 0.15) is 34.5 Å². The van der Waals surface area contributed by atoms with Gasteiger partial charge in [0, 0.05) is 44.3 Å². The second kappa shape index (κ2) is 9.72. The molecule has 3 N–H and O–H groups in total. The van der Waals surface area contributed by atoms with Crippen LogP contribution in [0.2, 0.25) is 0 Å². The van der Waals surface area contributed by atoms with Crippen LogP contribution >= 0.6 is 0 Å². The van der Waals surface area contributed by atoms with Crippen LogP contribution in [0.4, 0.5) is 5.82 Å². The van der Waals surface area contributed by atoms with Crippen molar-refractivity contribution in [2.75, 3.05) is 39.0 Å². The van der Waals surface area contributed by atoms with Crippen LogP contribution in [0.5, 0.6) is 0 Å². The molecule has 8 heteroatoms. The first-order valence-corrected chi connectivity index (χ1v) is 11.0. The van der Waals surface area contributed by atoms with Crippen molar-refractivity contribution in [2.45, 2.75) is 44.0 Å². The van der Waals surface area contributed by atoms with Gasteiger partial charge in [-0.1, -0.05) is 24.3 Å². The third-order valence-corrected chi connectivity index (χ3v) is 6.27. The number of fused-ring (bicyclic) bond motifs is 1. The van der Waals surface area contributed by atoms with Gasteiger partial charge in [0.25, 0.3) is 5.91 Å². The van der Waals surface area contributed by atoms with E-state index >= 15 is 0 Å². The summed E-state index contributed by atoms with van der Waals surface area (Å²) >= 11 is 0. The van der Waals surface area contributed by atoms with Crippen LogP contribution < -0.4 is 10.6 Å². The molecule has 2 aliphatic rings. The Morgan fingerprint density at radius 3 is 2.81 bits per heavy atom. The molecule has 0 radical (unpaired) electrons. The third-order valence-electron chi connectivity index (χ3n) is 6.27. The summed E-state index contributed by atoms with van der Waals surface area (Å²) in [6.45, 7) is 2.47. The first-order valence-electron chi connectivity index (χ1n) is 11.0. The Balaban J connectivity index is 1.22. The second-order valence-electron chi connectivity index (χ2n) is 8.84. The van der Waals surface area contributed by atoms with Crippen molar-refractivity contribution >= 4 is 11.7 Å². The maximum absolute atomic E-state index is 12.5. The van der Waals surface area contributed by atoms with E-state index in [1.165, 1.54) is 17.5 Å². The molecule has 1 amide bonds. The Kier molecular flexibility index (Phi) is 6.80. The molecule has 1 fully saturated rings. The molecule has 1 aromatic heterocycles. The summed E-state index contributed by atoms with van der Waals surface area (Å²) in [5, 5.41) is 16.6. The van der Waals surface area contributed by atoms with Gasteiger partial charge in [0.05, 0.1) is 6.10 Å². The van der Waals surface area contributed by atoms with Gasteiger partial charge in [0.2, 0.25) is 0 Å². The lowest BCUT2D eigenvalue weighted by molar-refractivity contribution is 0.0838. The van der Waals surface area contributed by atoms with Gasteiger partial charge in [0.15, 0.2) is 0 Å². The molecular weight excluding hydrogens is 392 g/mol. The number of nitrogens with one attached hydrogen (secondary N) is 2. The number of amides is 1. The SMILES string of the molecule is CN(C)C1CC(Nc2cc(C(=O)NC[C@H](O)CN3CCc4ccccc4C3)ncn2)C1. The van der Waals surface area contributed by atoms with E-state index in [2.05, 4.69) is 68.8 Å². The lowest BCUT2D eigenvalue weighted by Crippen LogP contribution is -2.47. The van der Waals surface area contributed by atoms with Crippen LogP contribution in [0.15, 0.2) is 36.7 Å². The normalized spacial score (nSPS) is 21.8. The summed E-state index contributed by atoms with van der Waals surface area (Å²) in [5.41, 5.74) is 3.00. The highest BCUT2D eigenvalue weighted by Gasteiger charge is 2.30. The Bertz CT molecular complexity index is 899. The van der Waals surface area contributed by atoms with E-state index in [1.54, 1.807) is 6.07 Å². The molecule has 0 unspecified atom stereocenters. The Morgan fingerprint density at radius 2 is 2.03 bits per heavy atom. The molecule has 1 saturated carbocycles. The summed E-state index contributed by atoms with van der Waals surface area (Å²) in [4.78, 5) is 25.3. The molecule has 1 aromatic carbocycles. The summed E-state index contributed by atoms with van der Waals surface area (Å²) in [7, 11) is 4.18. The smallest absolute Gasteiger partial charge is 0.270 e. The molecule has 1 atom stereocenters. The minimum absolute atomic E-state index is 0.191. The fourth-order valence-electron chi connectivity index (χ4n) is 4.27. The molecule has 31 heavy (non-hydrogen) atoms. The van der Waals surface area contributed by atoms with Crippen LogP contribution in [-0.4, -0.2) is 82.7 Å². The molecule has 2 aromatic rings. The summed E-state index contributed by atoms with van der Waals surface area (Å²) in [6.07, 6.45) is 3.88. The Morgan fingerprint density at radius 1 is 1.26 bits per heavy atom. The molecular formula is C23H32N6O2.